The van der Waals surface area contributed by atoms with Crippen molar-refractivity contribution in [3.63, 3.8) is 0 Å². The molecule has 0 saturated carbocycles. The number of carboxylic acid groups (broad SMARTS) is 1. The number of hydrogen-bond donors (Lipinski definition) is 3. The first-order valence-corrected chi connectivity index (χ1v) is 15.1. The lowest BCUT2D eigenvalue weighted by molar-refractivity contribution is -0.145. The second-order valence-corrected chi connectivity index (χ2v) is 10.8. The molecule has 3 N–H and O–H groups in total. The summed E-state index contributed by atoms with van der Waals surface area (Å²) in [5.74, 6) is -0.157. The lowest BCUT2D eigenvalue weighted by Crippen LogP contribution is -2.28. The van der Waals surface area contributed by atoms with Crippen molar-refractivity contribution in [2.24, 2.45) is 0 Å². The molecule has 0 spiro atoms. The number of carbonyl (C=O) groups is 2. The van der Waals surface area contributed by atoms with Crippen LogP contribution in [0.3, 0.4) is 0 Å². The number of carboxylic acids is 1. The van der Waals surface area contributed by atoms with E-state index in [1.807, 2.05) is 6.07 Å². The van der Waals surface area contributed by atoms with E-state index in [4.69, 9.17) is 42.8 Å². The third kappa shape index (κ3) is 9.91. The van der Waals surface area contributed by atoms with E-state index in [2.05, 4.69) is 6.92 Å². The highest BCUT2D eigenvalue weighted by atomic mass is 16.6. The highest BCUT2D eigenvalue weighted by Crippen LogP contribution is 2.34. The van der Waals surface area contributed by atoms with E-state index < -0.39 is 32.4 Å². The van der Waals surface area contributed by atoms with Crippen molar-refractivity contribution >= 4 is 37.1 Å². The standard InChI is InChI=1S/C14H19BO6.C12H15BO6.C5H10O/c1-4-20-13(16)7-12-14-9(8-18-2)5-10(19-3)6-11(14)15(17)21-12;1-17-6-7-3-8(18-2)4-9-12(7)10(5-11(14)15)19-13(9)16;1-5-3-2-4-6-5/h5-6,12,17H,4,7-8H2,1-3H3;3-4,10,16H,5-6H2,1-2H3,(H,14,15);5H,2-4H2,1H3. The fraction of sp³-hybridized carbons (Fsp3) is 0.548. The molecule has 13 nitrogen and oxygen atoms in total. The molecule has 0 radical (unpaired) electrons. The zero-order chi connectivity index (χ0) is 33.8. The molecule has 1 fully saturated rings. The molecule has 2 aromatic rings. The van der Waals surface area contributed by atoms with Crippen molar-refractivity contribution in [1.29, 1.82) is 0 Å². The third-order valence-corrected chi connectivity index (χ3v) is 7.55. The Hall–Kier alpha value is -3.17. The molecule has 5 rings (SSSR count). The van der Waals surface area contributed by atoms with Crippen molar-refractivity contribution in [2.75, 3.05) is 41.7 Å². The first-order valence-electron chi connectivity index (χ1n) is 15.1. The van der Waals surface area contributed by atoms with Gasteiger partial charge in [0.2, 0.25) is 0 Å². The Balaban J connectivity index is 0.000000212. The molecule has 3 atom stereocenters. The average molecular weight is 646 g/mol. The quantitative estimate of drug-likeness (QED) is 0.239. The Morgan fingerprint density at radius 3 is 1.70 bits per heavy atom. The fourth-order valence-corrected chi connectivity index (χ4v) is 5.56. The van der Waals surface area contributed by atoms with Crippen LogP contribution in [0, 0.1) is 0 Å². The smallest absolute Gasteiger partial charge is 0.492 e. The Labute approximate surface area is 270 Å². The van der Waals surface area contributed by atoms with Crippen LogP contribution in [0.25, 0.3) is 0 Å². The highest BCUT2D eigenvalue weighted by Gasteiger charge is 2.39. The molecule has 15 heteroatoms. The fourth-order valence-electron chi connectivity index (χ4n) is 5.56. The van der Waals surface area contributed by atoms with Gasteiger partial charge in [-0.1, -0.05) is 0 Å². The molecule has 3 unspecified atom stereocenters. The van der Waals surface area contributed by atoms with Gasteiger partial charge in [-0.2, -0.15) is 0 Å². The monoisotopic (exact) mass is 646 g/mol. The first-order chi connectivity index (χ1) is 22.1. The summed E-state index contributed by atoms with van der Waals surface area (Å²) in [7, 11) is 3.99. The Morgan fingerprint density at radius 2 is 1.35 bits per heavy atom. The molecule has 252 valence electrons. The molecule has 3 aliphatic heterocycles. The molecule has 0 aromatic heterocycles. The van der Waals surface area contributed by atoms with Gasteiger partial charge in [0.05, 0.1) is 65.2 Å². The minimum absolute atomic E-state index is 0.0565. The Kier molecular flexibility index (Phi) is 14.8. The number of benzene rings is 2. The second-order valence-electron chi connectivity index (χ2n) is 10.8. The maximum atomic E-state index is 11.7. The summed E-state index contributed by atoms with van der Waals surface area (Å²) in [4.78, 5) is 22.5. The van der Waals surface area contributed by atoms with Crippen LogP contribution in [-0.4, -0.2) is 89.1 Å². The van der Waals surface area contributed by atoms with Gasteiger partial charge in [0.15, 0.2) is 0 Å². The maximum absolute atomic E-state index is 11.7. The van der Waals surface area contributed by atoms with E-state index in [-0.39, 0.29) is 18.8 Å². The van der Waals surface area contributed by atoms with Crippen molar-refractivity contribution in [3.05, 3.63) is 46.5 Å². The van der Waals surface area contributed by atoms with Crippen LogP contribution in [0.5, 0.6) is 11.5 Å². The van der Waals surface area contributed by atoms with Gasteiger partial charge in [0, 0.05) is 20.8 Å². The Morgan fingerprint density at radius 1 is 0.848 bits per heavy atom. The topological polar surface area (TPSA) is 169 Å². The van der Waals surface area contributed by atoms with Crippen LogP contribution >= 0.6 is 0 Å². The van der Waals surface area contributed by atoms with Gasteiger partial charge in [0.1, 0.15) is 11.5 Å². The molecule has 46 heavy (non-hydrogen) atoms. The third-order valence-electron chi connectivity index (χ3n) is 7.55. The van der Waals surface area contributed by atoms with Gasteiger partial charge < -0.3 is 52.9 Å². The van der Waals surface area contributed by atoms with Crippen LogP contribution in [0.2, 0.25) is 0 Å². The van der Waals surface area contributed by atoms with E-state index in [1.165, 1.54) is 20.0 Å². The number of rotatable bonds is 11. The number of hydrogen-bond acceptors (Lipinski definition) is 12. The van der Waals surface area contributed by atoms with Gasteiger partial charge in [-0.05, 0) is 84.1 Å². The second kappa shape index (κ2) is 18.2. The summed E-state index contributed by atoms with van der Waals surface area (Å²) in [5, 5.41) is 28.8. The maximum Gasteiger partial charge on any atom is 0.492 e. The van der Waals surface area contributed by atoms with Gasteiger partial charge >= 0.3 is 26.2 Å². The number of fused-ring (bicyclic) bond motifs is 2. The lowest BCUT2D eigenvalue weighted by atomic mass is 9.77. The van der Waals surface area contributed by atoms with Crippen LogP contribution in [0.4, 0.5) is 0 Å². The van der Waals surface area contributed by atoms with Crippen molar-refractivity contribution < 1.29 is 62.5 Å². The molecule has 3 heterocycles. The van der Waals surface area contributed by atoms with E-state index >= 15 is 0 Å². The minimum atomic E-state index is -1.13. The van der Waals surface area contributed by atoms with E-state index in [0.717, 1.165) is 23.3 Å². The average Bonchev–Trinajstić information content (AvgIpc) is 3.71. The zero-order valence-corrected chi connectivity index (χ0v) is 27.3. The van der Waals surface area contributed by atoms with Gasteiger partial charge in [-0.3, -0.25) is 9.59 Å². The first kappa shape index (κ1) is 37.3. The van der Waals surface area contributed by atoms with E-state index in [9.17, 15) is 19.6 Å². The predicted molar refractivity (Wildman–Crippen MR) is 168 cm³/mol. The predicted octanol–water partition coefficient (Wildman–Crippen LogP) is 1.81. The summed E-state index contributed by atoms with van der Waals surface area (Å²) in [5.41, 5.74) is 4.20. The van der Waals surface area contributed by atoms with Crippen LogP contribution in [0.1, 0.15) is 74.0 Å². The number of ether oxygens (including phenoxy) is 6. The van der Waals surface area contributed by atoms with Crippen molar-refractivity contribution in [2.45, 2.75) is 71.1 Å². The minimum Gasteiger partial charge on any atom is -0.497 e. The molecular formula is C31H44B2O13. The molecule has 2 aromatic carbocycles. The van der Waals surface area contributed by atoms with E-state index in [0.29, 0.717) is 53.9 Å². The summed E-state index contributed by atoms with van der Waals surface area (Å²) in [6.07, 6.45) is 1.73. The van der Waals surface area contributed by atoms with Gasteiger partial charge in [0.25, 0.3) is 0 Å². The summed E-state index contributed by atoms with van der Waals surface area (Å²) < 4.78 is 41.5. The zero-order valence-electron chi connectivity index (χ0n) is 27.3. The molecular weight excluding hydrogens is 602 g/mol. The number of carbonyl (C=O) groups excluding carboxylic acids is 1. The largest absolute Gasteiger partial charge is 0.497 e. The van der Waals surface area contributed by atoms with Crippen molar-refractivity contribution in [1.82, 2.24) is 0 Å². The highest BCUT2D eigenvalue weighted by molar-refractivity contribution is 6.62. The van der Waals surface area contributed by atoms with Crippen LogP contribution in [-0.2, 0) is 51.1 Å². The lowest BCUT2D eigenvalue weighted by Gasteiger charge is -2.16. The van der Waals surface area contributed by atoms with Gasteiger partial charge in [-0.15, -0.1) is 0 Å². The summed E-state index contributed by atoms with van der Waals surface area (Å²) >= 11 is 0. The number of aliphatic carboxylic acids is 1. The Bertz CT molecular complexity index is 1300. The SMILES string of the molecule is CC1CCCO1.CCOC(=O)CC1OB(O)c2cc(OC)cc(COC)c21.COCc1cc(OC)cc2c1C(CC(=O)O)OB2O. The molecule has 0 amide bonds. The number of esters is 1. The van der Waals surface area contributed by atoms with Crippen LogP contribution < -0.4 is 20.4 Å². The molecule has 0 bridgehead atoms. The molecule has 1 saturated heterocycles. The number of methoxy groups -OCH3 is 4. The molecule has 0 aliphatic carbocycles. The van der Waals surface area contributed by atoms with Crippen LogP contribution in [0.15, 0.2) is 24.3 Å². The summed E-state index contributed by atoms with van der Waals surface area (Å²) in [6, 6.07) is 6.95. The van der Waals surface area contributed by atoms with E-state index in [1.54, 1.807) is 46.5 Å². The molecule has 3 aliphatic rings. The van der Waals surface area contributed by atoms with Gasteiger partial charge in [-0.25, -0.2) is 0 Å². The normalized spacial score (nSPS) is 19.3. The van der Waals surface area contributed by atoms with Crippen molar-refractivity contribution in [3.8, 4) is 11.5 Å². The summed E-state index contributed by atoms with van der Waals surface area (Å²) in [6.45, 7) is 5.81.